The zero-order valence-electron chi connectivity index (χ0n) is 11.9. The van der Waals surface area contributed by atoms with Crippen molar-refractivity contribution in [2.24, 2.45) is 0 Å². The molecule has 0 radical (unpaired) electrons. The predicted octanol–water partition coefficient (Wildman–Crippen LogP) is 4.82. The van der Waals surface area contributed by atoms with Crippen molar-refractivity contribution in [3.8, 4) is 11.6 Å². The van der Waals surface area contributed by atoms with Crippen molar-refractivity contribution in [1.29, 1.82) is 0 Å². The third kappa shape index (κ3) is 3.71. The highest BCUT2D eigenvalue weighted by Gasteiger charge is 2.18. The number of aldehydes is 1. The van der Waals surface area contributed by atoms with Crippen molar-refractivity contribution in [2.75, 3.05) is 0 Å². The van der Waals surface area contributed by atoms with Crippen molar-refractivity contribution in [3.05, 3.63) is 45.3 Å². The molecule has 0 saturated heterocycles. The maximum Gasteiger partial charge on any atom is 0.228 e. The number of nitrogens with zero attached hydrogens (tertiary/aromatic N) is 2. The third-order valence-corrected chi connectivity index (χ3v) is 3.30. The molecule has 1 aromatic heterocycles. The second-order valence-electron chi connectivity index (χ2n) is 4.96. The van der Waals surface area contributed by atoms with Crippen LogP contribution in [0.25, 0.3) is 0 Å². The fourth-order valence-corrected chi connectivity index (χ4v) is 2.56. The summed E-state index contributed by atoms with van der Waals surface area (Å²) >= 11 is 12.0. The van der Waals surface area contributed by atoms with Gasteiger partial charge in [0.15, 0.2) is 0 Å². The molecule has 0 spiro atoms. The minimum Gasteiger partial charge on any atom is -0.438 e. The molecule has 0 aliphatic rings. The van der Waals surface area contributed by atoms with Crippen molar-refractivity contribution in [1.82, 2.24) is 9.97 Å². The van der Waals surface area contributed by atoms with Crippen LogP contribution in [0.4, 0.5) is 0 Å². The summed E-state index contributed by atoms with van der Waals surface area (Å²) in [6, 6.07) is 5.21. The normalized spacial score (nSPS) is 10.8. The van der Waals surface area contributed by atoms with E-state index in [-0.39, 0.29) is 16.4 Å². The van der Waals surface area contributed by atoms with Crippen LogP contribution in [0.3, 0.4) is 0 Å². The molecule has 0 amide bonds. The second kappa shape index (κ2) is 6.41. The Balaban J connectivity index is 2.48. The van der Waals surface area contributed by atoms with Crippen molar-refractivity contribution >= 4 is 29.5 Å². The van der Waals surface area contributed by atoms with E-state index in [1.165, 1.54) is 0 Å². The van der Waals surface area contributed by atoms with E-state index in [4.69, 9.17) is 27.9 Å². The van der Waals surface area contributed by atoms with Gasteiger partial charge in [-0.1, -0.05) is 25.4 Å². The smallest absolute Gasteiger partial charge is 0.228 e. The largest absolute Gasteiger partial charge is 0.438 e. The first-order chi connectivity index (χ1) is 9.90. The van der Waals surface area contributed by atoms with E-state index in [0.717, 1.165) is 11.8 Å². The number of halogens is 2. The molecule has 110 valence electrons. The van der Waals surface area contributed by atoms with E-state index in [2.05, 4.69) is 9.97 Å². The molecule has 1 aromatic carbocycles. The second-order valence-corrected chi connectivity index (χ2v) is 5.65. The molecule has 2 rings (SSSR count). The van der Waals surface area contributed by atoms with Crippen LogP contribution in [0.1, 0.15) is 41.3 Å². The first kappa shape index (κ1) is 15.7. The molecule has 0 unspecified atom stereocenters. The maximum atomic E-state index is 10.9. The fraction of sp³-hybridized carbons (Fsp3) is 0.267. The van der Waals surface area contributed by atoms with Gasteiger partial charge in [-0.3, -0.25) is 4.79 Å². The van der Waals surface area contributed by atoms with E-state index >= 15 is 0 Å². The lowest BCUT2D eigenvalue weighted by atomic mass is 10.1. The summed E-state index contributed by atoms with van der Waals surface area (Å²) in [7, 11) is 0. The number of ether oxygens (including phenoxy) is 1. The first-order valence-corrected chi connectivity index (χ1v) is 7.14. The summed E-state index contributed by atoms with van der Waals surface area (Å²) in [5.41, 5.74) is 2.12. The Hall–Kier alpha value is -1.65. The zero-order chi connectivity index (χ0) is 15.6. The van der Waals surface area contributed by atoms with Crippen molar-refractivity contribution < 1.29 is 9.53 Å². The summed E-state index contributed by atoms with van der Waals surface area (Å²) in [5.74, 6) is 0.877. The number of rotatable bonds is 4. The van der Waals surface area contributed by atoms with Crippen LogP contribution < -0.4 is 4.74 Å². The molecular formula is C15H14Cl2N2O2. The predicted molar refractivity (Wildman–Crippen MR) is 82.8 cm³/mol. The zero-order valence-corrected chi connectivity index (χ0v) is 13.4. The number of aryl methyl sites for hydroxylation is 1. The lowest BCUT2D eigenvalue weighted by Crippen LogP contribution is -2.01. The molecular weight excluding hydrogens is 311 g/mol. The van der Waals surface area contributed by atoms with Gasteiger partial charge in [-0.15, -0.1) is 0 Å². The van der Waals surface area contributed by atoms with Crippen LogP contribution >= 0.6 is 23.2 Å². The minimum atomic E-state index is 0.0164. The Morgan fingerprint density at radius 1 is 1.19 bits per heavy atom. The molecule has 2 aromatic rings. The molecule has 4 nitrogen and oxygen atoms in total. The lowest BCUT2D eigenvalue weighted by Gasteiger charge is -2.14. The standard InChI is InChI=1S/C15H14Cl2N2O2/c1-8(2)12-13(16)18-15(17)19-14(12)21-11-5-9(3)4-10(6-11)7-20/h4-8H,1-3H3. The van der Waals surface area contributed by atoms with Gasteiger partial charge < -0.3 is 4.74 Å². The fourth-order valence-electron chi connectivity index (χ4n) is 1.98. The lowest BCUT2D eigenvalue weighted by molar-refractivity contribution is 0.112. The van der Waals surface area contributed by atoms with Crippen LogP contribution in [0.5, 0.6) is 11.6 Å². The van der Waals surface area contributed by atoms with Crippen molar-refractivity contribution in [3.63, 3.8) is 0 Å². The highest BCUT2D eigenvalue weighted by molar-refractivity contribution is 6.32. The summed E-state index contributed by atoms with van der Waals surface area (Å²) in [6.45, 7) is 5.79. The minimum absolute atomic E-state index is 0.0164. The number of carbonyl (C=O) groups is 1. The Morgan fingerprint density at radius 2 is 1.90 bits per heavy atom. The number of carbonyl (C=O) groups excluding carboxylic acids is 1. The van der Waals surface area contributed by atoms with Crippen LogP contribution in [-0.4, -0.2) is 16.3 Å². The van der Waals surface area contributed by atoms with Crippen LogP contribution in [0.15, 0.2) is 18.2 Å². The molecule has 0 N–H and O–H groups in total. The molecule has 0 aliphatic heterocycles. The summed E-state index contributed by atoms with van der Waals surface area (Å²) < 4.78 is 5.78. The molecule has 0 aliphatic carbocycles. The molecule has 0 atom stereocenters. The van der Waals surface area contributed by atoms with Gasteiger partial charge in [-0.2, -0.15) is 4.98 Å². The first-order valence-electron chi connectivity index (χ1n) is 6.38. The SMILES string of the molecule is Cc1cc(C=O)cc(Oc2nc(Cl)nc(Cl)c2C(C)C)c1. The average molecular weight is 325 g/mol. The van der Waals surface area contributed by atoms with Gasteiger partial charge in [0.05, 0.1) is 5.56 Å². The Morgan fingerprint density at radius 3 is 2.52 bits per heavy atom. The molecule has 21 heavy (non-hydrogen) atoms. The Labute approximate surface area is 133 Å². The summed E-state index contributed by atoms with van der Waals surface area (Å²) in [5, 5.41) is 0.283. The van der Waals surface area contributed by atoms with E-state index in [1.54, 1.807) is 18.2 Å². The van der Waals surface area contributed by atoms with E-state index < -0.39 is 0 Å². The van der Waals surface area contributed by atoms with Crippen molar-refractivity contribution in [2.45, 2.75) is 26.7 Å². The Kier molecular flexibility index (Phi) is 4.80. The molecule has 0 fully saturated rings. The third-order valence-electron chi connectivity index (χ3n) is 2.84. The quantitative estimate of drug-likeness (QED) is 0.459. The maximum absolute atomic E-state index is 10.9. The average Bonchev–Trinajstić information content (AvgIpc) is 2.36. The van der Waals surface area contributed by atoms with E-state index in [1.807, 2.05) is 20.8 Å². The number of hydrogen-bond acceptors (Lipinski definition) is 4. The molecule has 0 bridgehead atoms. The molecule has 1 heterocycles. The van der Waals surface area contributed by atoms with Crippen LogP contribution in [0, 0.1) is 6.92 Å². The number of benzene rings is 1. The van der Waals surface area contributed by atoms with Gasteiger partial charge >= 0.3 is 0 Å². The van der Waals surface area contributed by atoms with Gasteiger partial charge in [-0.05, 0) is 48.2 Å². The van der Waals surface area contributed by atoms with E-state index in [9.17, 15) is 4.79 Å². The summed E-state index contributed by atoms with van der Waals surface area (Å²) in [6.07, 6.45) is 0.767. The Bertz CT molecular complexity index is 688. The van der Waals surface area contributed by atoms with Gasteiger partial charge in [0, 0.05) is 5.56 Å². The van der Waals surface area contributed by atoms with Crippen LogP contribution in [-0.2, 0) is 0 Å². The number of aromatic nitrogens is 2. The van der Waals surface area contributed by atoms with Gasteiger partial charge in [0.2, 0.25) is 11.2 Å². The highest BCUT2D eigenvalue weighted by Crippen LogP contribution is 2.34. The molecule has 0 saturated carbocycles. The van der Waals surface area contributed by atoms with Gasteiger partial charge in [0.25, 0.3) is 0 Å². The molecule has 6 heteroatoms. The van der Waals surface area contributed by atoms with Crippen LogP contribution in [0.2, 0.25) is 10.4 Å². The topological polar surface area (TPSA) is 52.1 Å². The monoisotopic (exact) mass is 324 g/mol. The summed E-state index contributed by atoms with van der Waals surface area (Å²) in [4.78, 5) is 19.0. The van der Waals surface area contributed by atoms with Gasteiger partial charge in [0.1, 0.15) is 17.2 Å². The number of hydrogen-bond donors (Lipinski definition) is 0. The van der Waals surface area contributed by atoms with E-state index in [0.29, 0.717) is 22.8 Å². The van der Waals surface area contributed by atoms with Gasteiger partial charge in [-0.25, -0.2) is 4.98 Å². The highest BCUT2D eigenvalue weighted by atomic mass is 35.5.